The second kappa shape index (κ2) is 10.2. The zero-order valence-corrected chi connectivity index (χ0v) is 18.0. The fraction of sp³-hybridized carbons (Fsp3) is 0.650. The van der Waals surface area contributed by atoms with Gasteiger partial charge in [-0.3, -0.25) is 9.69 Å². The molecule has 1 aromatic heterocycles. The van der Waals surface area contributed by atoms with E-state index in [2.05, 4.69) is 9.97 Å². The number of esters is 1. The van der Waals surface area contributed by atoms with E-state index < -0.39 is 30.2 Å². The van der Waals surface area contributed by atoms with Gasteiger partial charge in [0.1, 0.15) is 12.1 Å². The molecular formula is C20H30N4O6. The third-order valence-corrected chi connectivity index (χ3v) is 4.50. The molecule has 0 bridgehead atoms. The first-order valence-corrected chi connectivity index (χ1v) is 10.0. The summed E-state index contributed by atoms with van der Waals surface area (Å²) in [5.74, 6) is -0.861. The third kappa shape index (κ3) is 7.16. The second-order valence-corrected chi connectivity index (χ2v) is 8.18. The molecule has 10 nitrogen and oxygen atoms in total. The molecule has 0 aromatic carbocycles. The van der Waals surface area contributed by atoms with Crippen LogP contribution in [0.2, 0.25) is 0 Å². The Morgan fingerprint density at radius 2 is 1.80 bits per heavy atom. The van der Waals surface area contributed by atoms with Gasteiger partial charge in [-0.15, -0.1) is 0 Å². The lowest BCUT2D eigenvalue weighted by Crippen LogP contribution is -2.45. The Kier molecular flexibility index (Phi) is 7.96. The van der Waals surface area contributed by atoms with Crippen molar-refractivity contribution >= 4 is 24.0 Å². The van der Waals surface area contributed by atoms with Gasteiger partial charge in [0.15, 0.2) is 0 Å². The number of hydrogen-bond donors (Lipinski definition) is 1. The molecule has 1 aliphatic heterocycles. The van der Waals surface area contributed by atoms with Gasteiger partial charge in [0, 0.05) is 32.0 Å². The molecule has 30 heavy (non-hydrogen) atoms. The molecular weight excluding hydrogens is 392 g/mol. The van der Waals surface area contributed by atoms with Gasteiger partial charge in [0.25, 0.3) is 0 Å². The van der Waals surface area contributed by atoms with Crippen LogP contribution in [-0.4, -0.2) is 76.4 Å². The SMILES string of the molecule is CCOC(=O)c1cnc(N2CCC(CN(CC(=O)O)C(=O)OC(C)(C)C)CC2)nc1. The van der Waals surface area contributed by atoms with Gasteiger partial charge < -0.3 is 19.5 Å². The van der Waals surface area contributed by atoms with Crippen LogP contribution in [0.5, 0.6) is 0 Å². The van der Waals surface area contributed by atoms with Crippen molar-refractivity contribution in [3.05, 3.63) is 18.0 Å². The van der Waals surface area contributed by atoms with Crippen LogP contribution in [-0.2, 0) is 14.3 Å². The van der Waals surface area contributed by atoms with Crippen molar-refractivity contribution in [2.45, 2.75) is 46.1 Å². The minimum absolute atomic E-state index is 0.145. The lowest BCUT2D eigenvalue weighted by molar-refractivity contribution is -0.138. The van der Waals surface area contributed by atoms with E-state index in [-0.39, 0.29) is 12.5 Å². The molecule has 1 fully saturated rings. The second-order valence-electron chi connectivity index (χ2n) is 8.18. The minimum Gasteiger partial charge on any atom is -0.480 e. The van der Waals surface area contributed by atoms with Crippen LogP contribution in [0.15, 0.2) is 12.4 Å². The molecule has 0 saturated carbocycles. The Morgan fingerprint density at radius 1 is 1.20 bits per heavy atom. The largest absolute Gasteiger partial charge is 0.480 e. The first-order chi connectivity index (χ1) is 14.1. The summed E-state index contributed by atoms with van der Waals surface area (Å²) in [4.78, 5) is 47.0. The van der Waals surface area contributed by atoms with Crippen LogP contribution < -0.4 is 4.90 Å². The van der Waals surface area contributed by atoms with Gasteiger partial charge in [-0.2, -0.15) is 0 Å². The summed E-state index contributed by atoms with van der Waals surface area (Å²) in [5.41, 5.74) is -0.387. The van der Waals surface area contributed by atoms with Gasteiger partial charge in [-0.1, -0.05) is 0 Å². The third-order valence-electron chi connectivity index (χ3n) is 4.50. The lowest BCUT2D eigenvalue weighted by Gasteiger charge is -2.35. The smallest absolute Gasteiger partial charge is 0.410 e. The molecule has 2 heterocycles. The highest BCUT2D eigenvalue weighted by Crippen LogP contribution is 2.22. The van der Waals surface area contributed by atoms with Crippen LogP contribution in [0, 0.1) is 5.92 Å². The predicted molar refractivity (Wildman–Crippen MR) is 108 cm³/mol. The number of carbonyl (C=O) groups is 3. The molecule has 1 N–H and O–H groups in total. The Bertz CT molecular complexity index is 739. The lowest BCUT2D eigenvalue weighted by atomic mass is 9.96. The predicted octanol–water partition coefficient (Wildman–Crippen LogP) is 2.19. The molecule has 0 spiro atoms. The van der Waals surface area contributed by atoms with Crippen LogP contribution in [0.25, 0.3) is 0 Å². The van der Waals surface area contributed by atoms with E-state index in [1.807, 2.05) is 4.90 Å². The van der Waals surface area contributed by atoms with E-state index >= 15 is 0 Å². The van der Waals surface area contributed by atoms with Gasteiger partial charge in [0.05, 0.1) is 12.2 Å². The number of piperidine rings is 1. The van der Waals surface area contributed by atoms with E-state index in [4.69, 9.17) is 14.6 Å². The fourth-order valence-corrected chi connectivity index (χ4v) is 3.12. The van der Waals surface area contributed by atoms with Crippen LogP contribution >= 0.6 is 0 Å². The average molecular weight is 422 g/mol. The average Bonchev–Trinajstić information content (AvgIpc) is 2.67. The van der Waals surface area contributed by atoms with Crippen molar-refractivity contribution in [2.24, 2.45) is 5.92 Å². The van der Waals surface area contributed by atoms with Crippen molar-refractivity contribution in [3.8, 4) is 0 Å². The first-order valence-electron chi connectivity index (χ1n) is 10.0. The molecule has 1 amide bonds. The summed E-state index contributed by atoms with van der Waals surface area (Å²) in [7, 11) is 0. The molecule has 166 valence electrons. The quantitative estimate of drug-likeness (QED) is 0.659. The van der Waals surface area contributed by atoms with E-state index in [0.29, 0.717) is 31.1 Å². The standard InChI is InChI=1S/C20H30N4O6/c1-5-29-17(27)15-10-21-18(22-11-15)23-8-6-14(7-9-23)12-24(13-16(25)26)19(28)30-20(2,3)4/h10-11,14H,5-9,12-13H2,1-4H3,(H,25,26). The van der Waals surface area contributed by atoms with Gasteiger partial charge in [-0.05, 0) is 46.5 Å². The van der Waals surface area contributed by atoms with Crippen LogP contribution in [0.1, 0.15) is 50.9 Å². The molecule has 1 aliphatic rings. The van der Waals surface area contributed by atoms with E-state index in [0.717, 1.165) is 12.8 Å². The first kappa shape index (κ1) is 23.4. The van der Waals surface area contributed by atoms with Gasteiger partial charge in [0.2, 0.25) is 5.95 Å². The summed E-state index contributed by atoms with van der Waals surface area (Å²) in [6, 6.07) is 0. The maximum Gasteiger partial charge on any atom is 0.410 e. The number of amides is 1. The minimum atomic E-state index is -1.08. The fourth-order valence-electron chi connectivity index (χ4n) is 3.12. The number of hydrogen-bond acceptors (Lipinski definition) is 8. The van der Waals surface area contributed by atoms with Crippen LogP contribution in [0.4, 0.5) is 10.7 Å². The number of aliphatic carboxylic acids is 1. The van der Waals surface area contributed by atoms with Crippen LogP contribution in [0.3, 0.4) is 0 Å². The Morgan fingerprint density at radius 3 is 2.30 bits per heavy atom. The highest BCUT2D eigenvalue weighted by molar-refractivity contribution is 5.88. The summed E-state index contributed by atoms with van der Waals surface area (Å²) in [6.45, 7) is 8.51. The van der Waals surface area contributed by atoms with Crippen molar-refractivity contribution in [1.29, 1.82) is 0 Å². The maximum atomic E-state index is 12.4. The number of carboxylic acid groups (broad SMARTS) is 1. The van der Waals surface area contributed by atoms with Gasteiger partial charge in [-0.25, -0.2) is 19.6 Å². The topological polar surface area (TPSA) is 122 Å². The van der Waals surface area contributed by atoms with E-state index in [1.54, 1.807) is 27.7 Å². The molecule has 0 unspecified atom stereocenters. The number of ether oxygens (including phenoxy) is 2. The normalized spacial score (nSPS) is 14.9. The highest BCUT2D eigenvalue weighted by atomic mass is 16.6. The summed E-state index contributed by atoms with van der Waals surface area (Å²) < 4.78 is 10.3. The monoisotopic (exact) mass is 422 g/mol. The van der Waals surface area contributed by atoms with Crippen molar-refractivity contribution < 1.29 is 29.0 Å². The molecule has 2 rings (SSSR count). The number of rotatable bonds is 7. The number of nitrogens with zero attached hydrogens (tertiary/aromatic N) is 4. The van der Waals surface area contributed by atoms with Crippen molar-refractivity contribution in [3.63, 3.8) is 0 Å². The molecule has 0 atom stereocenters. The molecule has 0 aliphatic carbocycles. The summed E-state index contributed by atoms with van der Waals surface area (Å²) in [6.07, 6.45) is 3.78. The van der Waals surface area contributed by atoms with Crippen molar-refractivity contribution in [2.75, 3.05) is 37.7 Å². The Balaban J connectivity index is 1.92. The molecule has 0 radical (unpaired) electrons. The Labute approximate surface area is 176 Å². The number of aromatic nitrogens is 2. The molecule has 1 aromatic rings. The van der Waals surface area contributed by atoms with E-state index in [1.165, 1.54) is 17.3 Å². The number of carboxylic acids is 1. The summed E-state index contributed by atoms with van der Waals surface area (Å²) >= 11 is 0. The number of anilines is 1. The highest BCUT2D eigenvalue weighted by Gasteiger charge is 2.29. The van der Waals surface area contributed by atoms with Gasteiger partial charge >= 0.3 is 18.0 Å². The summed E-state index contributed by atoms with van der Waals surface area (Å²) in [5, 5.41) is 9.14. The molecule has 1 saturated heterocycles. The van der Waals surface area contributed by atoms with E-state index in [9.17, 15) is 14.4 Å². The number of carbonyl (C=O) groups excluding carboxylic acids is 2. The van der Waals surface area contributed by atoms with Crippen molar-refractivity contribution in [1.82, 2.24) is 14.9 Å². The Hall–Kier alpha value is -2.91. The zero-order valence-electron chi connectivity index (χ0n) is 18.0. The molecule has 10 heteroatoms. The zero-order chi connectivity index (χ0) is 22.3. The maximum absolute atomic E-state index is 12.4.